The Hall–Kier alpha value is -1.42. The Bertz CT molecular complexity index is 422. The zero-order chi connectivity index (χ0) is 14.4. The molecule has 2 rings (SSSR count). The van der Waals surface area contributed by atoms with E-state index >= 15 is 0 Å². The van der Waals surface area contributed by atoms with Crippen molar-refractivity contribution in [2.45, 2.75) is 39.7 Å². The number of hydrogen-bond donors (Lipinski definition) is 1. The molecule has 1 N–H and O–H groups in total. The lowest BCUT2D eigenvalue weighted by Gasteiger charge is -2.24. The van der Waals surface area contributed by atoms with Gasteiger partial charge in [0.2, 0.25) is 6.79 Å². The van der Waals surface area contributed by atoms with Crippen molar-refractivity contribution in [1.29, 1.82) is 0 Å². The van der Waals surface area contributed by atoms with Crippen LogP contribution in [0.3, 0.4) is 0 Å². The predicted molar refractivity (Wildman–Crippen MR) is 79.6 cm³/mol. The van der Waals surface area contributed by atoms with Crippen LogP contribution in [-0.2, 0) is 0 Å². The first kappa shape index (κ1) is 15.0. The number of fused-ring (bicyclic) bond motifs is 1. The second-order valence-electron chi connectivity index (χ2n) is 5.27. The standard InChI is InChI=1S/C16H25NO3/c1-4-8-17-14(12(3)5-2)10-18-13-6-7-15-16(9-13)20-11-19-15/h6-7,9,12,14,17H,4-5,8,10-11H2,1-3H3. The molecule has 2 unspecified atom stereocenters. The van der Waals surface area contributed by atoms with Crippen LogP contribution in [0.4, 0.5) is 0 Å². The first-order valence-corrected chi connectivity index (χ1v) is 7.50. The Morgan fingerprint density at radius 1 is 1.25 bits per heavy atom. The molecule has 0 bridgehead atoms. The molecule has 1 heterocycles. The van der Waals surface area contributed by atoms with Gasteiger partial charge in [-0.15, -0.1) is 0 Å². The van der Waals surface area contributed by atoms with Gasteiger partial charge in [0.25, 0.3) is 0 Å². The summed E-state index contributed by atoms with van der Waals surface area (Å²) in [5.41, 5.74) is 0. The molecule has 4 heteroatoms. The van der Waals surface area contributed by atoms with E-state index in [1.54, 1.807) is 0 Å². The monoisotopic (exact) mass is 279 g/mol. The molecule has 1 aromatic carbocycles. The zero-order valence-electron chi connectivity index (χ0n) is 12.6. The van der Waals surface area contributed by atoms with E-state index < -0.39 is 0 Å². The molecule has 0 fully saturated rings. The minimum atomic E-state index is 0.298. The molecule has 1 aromatic rings. The molecule has 0 amide bonds. The summed E-state index contributed by atoms with van der Waals surface area (Å²) >= 11 is 0. The molecule has 0 saturated carbocycles. The minimum absolute atomic E-state index is 0.298. The highest BCUT2D eigenvalue weighted by Crippen LogP contribution is 2.35. The van der Waals surface area contributed by atoms with Gasteiger partial charge < -0.3 is 19.5 Å². The Balaban J connectivity index is 1.91. The maximum absolute atomic E-state index is 5.92. The summed E-state index contributed by atoms with van der Waals surface area (Å²) < 4.78 is 16.6. The van der Waals surface area contributed by atoms with Gasteiger partial charge in [-0.05, 0) is 31.0 Å². The summed E-state index contributed by atoms with van der Waals surface area (Å²) in [5, 5.41) is 3.56. The van der Waals surface area contributed by atoms with E-state index in [-0.39, 0.29) is 0 Å². The van der Waals surface area contributed by atoms with E-state index in [0.29, 0.717) is 25.4 Å². The summed E-state index contributed by atoms with van der Waals surface area (Å²) in [6.45, 7) is 8.65. The normalized spacial score (nSPS) is 15.9. The number of rotatable bonds is 8. The average Bonchev–Trinajstić information content (AvgIpc) is 2.94. The summed E-state index contributed by atoms with van der Waals surface area (Å²) in [6.07, 6.45) is 2.28. The van der Waals surface area contributed by atoms with Gasteiger partial charge in [0.1, 0.15) is 12.4 Å². The average molecular weight is 279 g/mol. The van der Waals surface area contributed by atoms with Gasteiger partial charge in [0, 0.05) is 12.1 Å². The maximum atomic E-state index is 5.92. The number of benzene rings is 1. The van der Waals surface area contributed by atoms with Crippen molar-refractivity contribution >= 4 is 0 Å². The van der Waals surface area contributed by atoms with Crippen LogP contribution >= 0.6 is 0 Å². The van der Waals surface area contributed by atoms with Crippen LogP contribution in [0, 0.1) is 5.92 Å². The van der Waals surface area contributed by atoms with Crippen LogP contribution in [0.5, 0.6) is 17.2 Å². The Labute approximate surface area is 121 Å². The third-order valence-electron chi connectivity index (χ3n) is 3.76. The topological polar surface area (TPSA) is 39.7 Å². The predicted octanol–water partition coefficient (Wildman–Crippen LogP) is 3.21. The number of ether oxygens (including phenoxy) is 3. The fourth-order valence-corrected chi connectivity index (χ4v) is 2.19. The van der Waals surface area contributed by atoms with Crippen LogP contribution in [0.1, 0.15) is 33.6 Å². The highest BCUT2D eigenvalue weighted by Gasteiger charge is 2.17. The maximum Gasteiger partial charge on any atom is 0.231 e. The van der Waals surface area contributed by atoms with E-state index in [9.17, 15) is 0 Å². The second-order valence-corrected chi connectivity index (χ2v) is 5.27. The molecule has 0 aliphatic carbocycles. The molecule has 20 heavy (non-hydrogen) atoms. The van der Waals surface area contributed by atoms with Crippen molar-refractivity contribution < 1.29 is 14.2 Å². The summed E-state index contributed by atoms with van der Waals surface area (Å²) in [7, 11) is 0. The van der Waals surface area contributed by atoms with Gasteiger partial charge in [-0.2, -0.15) is 0 Å². The SMILES string of the molecule is CCCNC(COc1ccc2c(c1)OCO2)C(C)CC. The van der Waals surface area contributed by atoms with E-state index in [0.717, 1.165) is 36.6 Å². The Morgan fingerprint density at radius 3 is 2.80 bits per heavy atom. The fourth-order valence-electron chi connectivity index (χ4n) is 2.19. The molecule has 112 valence electrons. The summed E-state index contributed by atoms with van der Waals surface area (Å²) in [6, 6.07) is 6.11. The molecule has 0 saturated heterocycles. The van der Waals surface area contributed by atoms with Gasteiger partial charge in [-0.3, -0.25) is 0 Å². The van der Waals surface area contributed by atoms with Crippen molar-refractivity contribution in [2.75, 3.05) is 19.9 Å². The molecule has 1 aliphatic heterocycles. The van der Waals surface area contributed by atoms with Crippen molar-refractivity contribution in [3.63, 3.8) is 0 Å². The van der Waals surface area contributed by atoms with Crippen LogP contribution in [0.2, 0.25) is 0 Å². The van der Waals surface area contributed by atoms with E-state index in [4.69, 9.17) is 14.2 Å². The van der Waals surface area contributed by atoms with Gasteiger partial charge in [0.05, 0.1) is 0 Å². The quantitative estimate of drug-likeness (QED) is 0.793. The van der Waals surface area contributed by atoms with Gasteiger partial charge in [-0.1, -0.05) is 27.2 Å². The number of nitrogens with one attached hydrogen (secondary N) is 1. The Kier molecular flexibility index (Phi) is 5.53. The van der Waals surface area contributed by atoms with Crippen LogP contribution in [0.25, 0.3) is 0 Å². The highest BCUT2D eigenvalue weighted by atomic mass is 16.7. The van der Waals surface area contributed by atoms with Crippen molar-refractivity contribution in [1.82, 2.24) is 5.32 Å². The fraction of sp³-hybridized carbons (Fsp3) is 0.625. The molecular weight excluding hydrogens is 254 g/mol. The first-order valence-electron chi connectivity index (χ1n) is 7.50. The van der Waals surface area contributed by atoms with Crippen LogP contribution < -0.4 is 19.5 Å². The lowest BCUT2D eigenvalue weighted by Crippen LogP contribution is -2.40. The van der Waals surface area contributed by atoms with Gasteiger partial charge in [-0.25, -0.2) is 0 Å². The number of hydrogen-bond acceptors (Lipinski definition) is 4. The lowest BCUT2D eigenvalue weighted by molar-refractivity contribution is 0.173. The van der Waals surface area contributed by atoms with Gasteiger partial charge in [0.15, 0.2) is 11.5 Å². The van der Waals surface area contributed by atoms with E-state index in [2.05, 4.69) is 26.1 Å². The van der Waals surface area contributed by atoms with Crippen molar-refractivity contribution in [3.8, 4) is 17.2 Å². The van der Waals surface area contributed by atoms with Crippen molar-refractivity contribution in [3.05, 3.63) is 18.2 Å². The van der Waals surface area contributed by atoms with Crippen molar-refractivity contribution in [2.24, 2.45) is 5.92 Å². The molecular formula is C16H25NO3. The molecule has 0 aromatic heterocycles. The lowest BCUT2D eigenvalue weighted by atomic mass is 10.00. The Morgan fingerprint density at radius 2 is 2.05 bits per heavy atom. The first-order chi connectivity index (χ1) is 9.74. The zero-order valence-corrected chi connectivity index (χ0v) is 12.6. The molecule has 0 radical (unpaired) electrons. The minimum Gasteiger partial charge on any atom is -0.492 e. The third kappa shape index (κ3) is 3.79. The largest absolute Gasteiger partial charge is 0.492 e. The molecule has 2 atom stereocenters. The molecule has 0 spiro atoms. The third-order valence-corrected chi connectivity index (χ3v) is 3.76. The van der Waals surface area contributed by atoms with Gasteiger partial charge >= 0.3 is 0 Å². The smallest absolute Gasteiger partial charge is 0.231 e. The van der Waals surface area contributed by atoms with E-state index in [1.165, 1.54) is 0 Å². The summed E-state index contributed by atoms with van der Waals surface area (Å²) in [5.74, 6) is 2.99. The van der Waals surface area contributed by atoms with Crippen LogP contribution in [0.15, 0.2) is 18.2 Å². The summed E-state index contributed by atoms with van der Waals surface area (Å²) in [4.78, 5) is 0. The second kappa shape index (κ2) is 7.39. The molecule has 1 aliphatic rings. The molecule has 4 nitrogen and oxygen atoms in total. The highest BCUT2D eigenvalue weighted by molar-refractivity contribution is 5.46. The van der Waals surface area contributed by atoms with E-state index in [1.807, 2.05) is 18.2 Å². The van der Waals surface area contributed by atoms with Crippen LogP contribution in [-0.4, -0.2) is 26.0 Å².